The van der Waals surface area contributed by atoms with E-state index in [1.165, 1.54) is 0 Å². The highest BCUT2D eigenvalue weighted by molar-refractivity contribution is 4.99. The molecule has 0 amide bonds. The van der Waals surface area contributed by atoms with Gasteiger partial charge in [0, 0.05) is 26.2 Å². The Morgan fingerprint density at radius 3 is 3.13 bits per heavy atom. The molecule has 0 spiro atoms. The van der Waals surface area contributed by atoms with Crippen molar-refractivity contribution >= 4 is 0 Å². The highest BCUT2D eigenvalue weighted by atomic mass is 16.5. The molecule has 1 saturated heterocycles. The quantitative estimate of drug-likeness (QED) is 0.692. The molecule has 2 unspecified atom stereocenters. The van der Waals surface area contributed by atoms with Gasteiger partial charge in [0.15, 0.2) is 0 Å². The molecule has 5 heteroatoms. The molecular weight excluding hydrogens is 194 g/mol. The molecule has 1 aliphatic rings. The van der Waals surface area contributed by atoms with E-state index in [0.717, 1.165) is 18.7 Å². The van der Waals surface area contributed by atoms with E-state index in [4.69, 9.17) is 4.74 Å². The summed E-state index contributed by atoms with van der Waals surface area (Å²) in [6.45, 7) is 1.87. The molecule has 2 heterocycles. The van der Waals surface area contributed by atoms with Crippen molar-refractivity contribution < 1.29 is 9.84 Å². The maximum atomic E-state index is 9.48. The Bertz CT molecular complexity index is 313. The van der Waals surface area contributed by atoms with Gasteiger partial charge in [0.25, 0.3) is 0 Å². The SMILES string of the molecule is Cn1ccc(CCNC2COCC2O)n1. The number of aliphatic hydroxyl groups excluding tert-OH is 1. The summed E-state index contributed by atoms with van der Waals surface area (Å²) in [5.41, 5.74) is 1.07. The van der Waals surface area contributed by atoms with Crippen LogP contribution in [-0.2, 0) is 18.2 Å². The molecule has 0 saturated carbocycles. The number of ether oxygens (including phenoxy) is 1. The van der Waals surface area contributed by atoms with Crippen LogP contribution in [0.2, 0.25) is 0 Å². The van der Waals surface area contributed by atoms with Crippen molar-refractivity contribution in [1.82, 2.24) is 15.1 Å². The van der Waals surface area contributed by atoms with Gasteiger partial charge < -0.3 is 15.2 Å². The normalized spacial score (nSPS) is 26.0. The lowest BCUT2D eigenvalue weighted by molar-refractivity contribution is 0.122. The Morgan fingerprint density at radius 1 is 1.67 bits per heavy atom. The number of hydrogen-bond acceptors (Lipinski definition) is 4. The fraction of sp³-hybridized carbons (Fsp3) is 0.700. The molecule has 1 aliphatic heterocycles. The zero-order valence-electron chi connectivity index (χ0n) is 8.89. The number of aryl methyl sites for hydroxylation is 1. The van der Waals surface area contributed by atoms with Gasteiger partial charge in [0.2, 0.25) is 0 Å². The van der Waals surface area contributed by atoms with Crippen LogP contribution in [0.4, 0.5) is 0 Å². The number of nitrogens with one attached hydrogen (secondary N) is 1. The van der Waals surface area contributed by atoms with Crippen molar-refractivity contribution in [3.63, 3.8) is 0 Å². The minimum absolute atomic E-state index is 0.0775. The fourth-order valence-corrected chi connectivity index (χ4v) is 1.72. The third kappa shape index (κ3) is 2.77. The number of aliphatic hydroxyl groups is 1. The lowest BCUT2D eigenvalue weighted by atomic mass is 10.2. The highest BCUT2D eigenvalue weighted by Crippen LogP contribution is 2.04. The fourth-order valence-electron chi connectivity index (χ4n) is 1.72. The largest absolute Gasteiger partial charge is 0.389 e. The topological polar surface area (TPSA) is 59.3 Å². The summed E-state index contributed by atoms with van der Waals surface area (Å²) in [4.78, 5) is 0. The predicted octanol–water partition coefficient (Wildman–Crippen LogP) is -0.688. The summed E-state index contributed by atoms with van der Waals surface area (Å²) in [5, 5.41) is 17.0. The second-order valence-corrected chi connectivity index (χ2v) is 3.90. The van der Waals surface area contributed by atoms with Crippen molar-refractivity contribution in [2.45, 2.75) is 18.6 Å². The predicted molar refractivity (Wildman–Crippen MR) is 55.5 cm³/mol. The van der Waals surface area contributed by atoms with Crippen LogP contribution < -0.4 is 5.32 Å². The summed E-state index contributed by atoms with van der Waals surface area (Å²) in [7, 11) is 1.91. The summed E-state index contributed by atoms with van der Waals surface area (Å²) >= 11 is 0. The van der Waals surface area contributed by atoms with Crippen LogP contribution in [0.1, 0.15) is 5.69 Å². The molecule has 2 atom stereocenters. The first-order valence-electron chi connectivity index (χ1n) is 5.23. The smallest absolute Gasteiger partial charge is 0.0948 e. The van der Waals surface area contributed by atoms with E-state index in [9.17, 15) is 5.11 Å². The minimum Gasteiger partial charge on any atom is -0.389 e. The number of rotatable bonds is 4. The Labute approximate surface area is 89.0 Å². The summed E-state index contributed by atoms with van der Waals surface area (Å²) in [6.07, 6.45) is 2.45. The second kappa shape index (κ2) is 4.74. The first-order valence-corrected chi connectivity index (χ1v) is 5.23. The van der Waals surface area contributed by atoms with E-state index >= 15 is 0 Å². The lowest BCUT2D eigenvalue weighted by Crippen LogP contribution is -2.39. The molecular formula is C10H17N3O2. The van der Waals surface area contributed by atoms with Crippen molar-refractivity contribution in [3.05, 3.63) is 18.0 Å². The van der Waals surface area contributed by atoms with Crippen LogP contribution in [0.15, 0.2) is 12.3 Å². The van der Waals surface area contributed by atoms with Crippen molar-refractivity contribution in [2.24, 2.45) is 7.05 Å². The number of hydrogen-bond donors (Lipinski definition) is 2. The maximum absolute atomic E-state index is 9.48. The standard InChI is InChI=1S/C10H17N3O2/c1-13-5-3-8(12-13)2-4-11-9-6-15-7-10(9)14/h3,5,9-11,14H,2,4,6-7H2,1H3. The highest BCUT2D eigenvalue weighted by Gasteiger charge is 2.25. The average Bonchev–Trinajstić information content (AvgIpc) is 2.77. The van der Waals surface area contributed by atoms with E-state index in [0.29, 0.717) is 13.2 Å². The van der Waals surface area contributed by atoms with Crippen LogP contribution >= 0.6 is 0 Å². The van der Waals surface area contributed by atoms with Crippen LogP contribution in [0.5, 0.6) is 0 Å². The second-order valence-electron chi connectivity index (χ2n) is 3.90. The lowest BCUT2D eigenvalue weighted by Gasteiger charge is -2.13. The molecule has 5 nitrogen and oxygen atoms in total. The monoisotopic (exact) mass is 211 g/mol. The van der Waals surface area contributed by atoms with Gasteiger partial charge >= 0.3 is 0 Å². The van der Waals surface area contributed by atoms with Gasteiger partial charge in [-0.05, 0) is 6.07 Å². The van der Waals surface area contributed by atoms with E-state index in [1.54, 1.807) is 4.68 Å². The van der Waals surface area contributed by atoms with Crippen LogP contribution in [0.3, 0.4) is 0 Å². The number of aromatic nitrogens is 2. The molecule has 2 rings (SSSR count). The molecule has 84 valence electrons. The molecule has 1 aromatic rings. The summed E-state index contributed by atoms with van der Waals surface area (Å²) in [6, 6.07) is 2.08. The molecule has 0 bridgehead atoms. The van der Waals surface area contributed by atoms with Gasteiger partial charge in [-0.3, -0.25) is 4.68 Å². The van der Waals surface area contributed by atoms with E-state index in [2.05, 4.69) is 10.4 Å². The third-order valence-electron chi connectivity index (χ3n) is 2.61. The first-order chi connectivity index (χ1) is 7.25. The Balaban J connectivity index is 1.70. The zero-order chi connectivity index (χ0) is 10.7. The molecule has 2 N–H and O–H groups in total. The Kier molecular flexibility index (Phi) is 3.35. The van der Waals surface area contributed by atoms with Gasteiger partial charge in [0.05, 0.1) is 31.1 Å². The molecule has 15 heavy (non-hydrogen) atoms. The van der Waals surface area contributed by atoms with Gasteiger partial charge in [-0.15, -0.1) is 0 Å². The zero-order valence-corrected chi connectivity index (χ0v) is 8.89. The maximum Gasteiger partial charge on any atom is 0.0948 e. The van der Waals surface area contributed by atoms with Crippen LogP contribution in [0.25, 0.3) is 0 Å². The molecule has 1 fully saturated rings. The van der Waals surface area contributed by atoms with Gasteiger partial charge in [0.1, 0.15) is 0 Å². The van der Waals surface area contributed by atoms with E-state index in [1.807, 2.05) is 19.3 Å². The van der Waals surface area contributed by atoms with E-state index in [-0.39, 0.29) is 12.1 Å². The van der Waals surface area contributed by atoms with Crippen molar-refractivity contribution in [2.75, 3.05) is 19.8 Å². The first kappa shape index (κ1) is 10.6. The van der Waals surface area contributed by atoms with Gasteiger partial charge in [-0.1, -0.05) is 0 Å². The van der Waals surface area contributed by atoms with Crippen LogP contribution in [0, 0.1) is 0 Å². The third-order valence-corrected chi connectivity index (χ3v) is 2.61. The van der Waals surface area contributed by atoms with Crippen LogP contribution in [-0.4, -0.2) is 46.8 Å². The molecule has 0 radical (unpaired) electrons. The number of nitrogens with zero attached hydrogens (tertiary/aromatic N) is 2. The Hall–Kier alpha value is -0.910. The summed E-state index contributed by atoms with van der Waals surface area (Å²) in [5.74, 6) is 0. The molecule has 0 aliphatic carbocycles. The minimum atomic E-state index is -0.367. The molecule has 0 aromatic carbocycles. The van der Waals surface area contributed by atoms with Gasteiger partial charge in [-0.25, -0.2) is 0 Å². The average molecular weight is 211 g/mol. The van der Waals surface area contributed by atoms with Crippen molar-refractivity contribution in [3.8, 4) is 0 Å². The molecule has 1 aromatic heterocycles. The van der Waals surface area contributed by atoms with Gasteiger partial charge in [-0.2, -0.15) is 5.10 Å². The Morgan fingerprint density at radius 2 is 2.53 bits per heavy atom. The van der Waals surface area contributed by atoms with E-state index < -0.39 is 0 Å². The summed E-state index contributed by atoms with van der Waals surface area (Å²) < 4.78 is 6.94. The van der Waals surface area contributed by atoms with Crippen molar-refractivity contribution in [1.29, 1.82) is 0 Å².